The molecule has 4 atom stereocenters. The molecule has 1 saturated heterocycles. The predicted octanol–water partition coefficient (Wildman–Crippen LogP) is -0.271. The highest BCUT2D eigenvalue weighted by atomic mass is 16.5. The van der Waals surface area contributed by atoms with Crippen LogP contribution >= 0.6 is 0 Å². The van der Waals surface area contributed by atoms with Crippen LogP contribution < -0.4 is 0 Å². The van der Waals surface area contributed by atoms with Gasteiger partial charge in [-0.15, -0.1) is 0 Å². The summed E-state index contributed by atoms with van der Waals surface area (Å²) in [4.78, 5) is 24.3. The Morgan fingerprint density at radius 3 is 2.20 bits per heavy atom. The molecule has 0 aliphatic carbocycles. The first-order chi connectivity index (χ1) is 7.02. The Bertz CT molecular complexity index is 336. The SMILES string of the molecule is CN(C)C(=O)C1C(C(=O)O)[C@H]2C=C[C@@H]1O2. The van der Waals surface area contributed by atoms with E-state index in [0.717, 1.165) is 0 Å². The van der Waals surface area contributed by atoms with Crippen molar-refractivity contribution in [2.45, 2.75) is 12.2 Å². The number of rotatable bonds is 2. The standard InChI is InChI=1S/C10H13NO4/c1-11(2)9(12)7-5-3-4-6(15-5)8(7)10(13)14/h3-8H,1-2H3,(H,13,14)/t5-,6+,7?,8?/m0/s1. The van der Waals surface area contributed by atoms with Crippen LogP contribution in [-0.2, 0) is 14.3 Å². The molecule has 2 rings (SSSR count). The van der Waals surface area contributed by atoms with E-state index >= 15 is 0 Å². The fraction of sp³-hybridized carbons (Fsp3) is 0.600. The fourth-order valence-electron chi connectivity index (χ4n) is 2.19. The lowest BCUT2D eigenvalue weighted by molar-refractivity contribution is -0.148. The Morgan fingerprint density at radius 1 is 1.20 bits per heavy atom. The molecule has 2 unspecified atom stereocenters. The lowest BCUT2D eigenvalue weighted by Gasteiger charge is -2.23. The second kappa shape index (κ2) is 3.34. The smallest absolute Gasteiger partial charge is 0.310 e. The topological polar surface area (TPSA) is 66.8 Å². The summed E-state index contributed by atoms with van der Waals surface area (Å²) in [5, 5.41) is 9.05. The molecule has 2 heterocycles. The van der Waals surface area contributed by atoms with Gasteiger partial charge in [0.25, 0.3) is 0 Å². The van der Waals surface area contributed by atoms with Crippen LogP contribution in [0, 0.1) is 11.8 Å². The van der Waals surface area contributed by atoms with E-state index in [9.17, 15) is 9.59 Å². The number of fused-ring (bicyclic) bond motifs is 2. The largest absolute Gasteiger partial charge is 0.481 e. The highest BCUT2D eigenvalue weighted by Gasteiger charge is 2.53. The van der Waals surface area contributed by atoms with Crippen molar-refractivity contribution in [3.63, 3.8) is 0 Å². The van der Waals surface area contributed by atoms with Crippen LogP contribution in [0.25, 0.3) is 0 Å². The maximum Gasteiger partial charge on any atom is 0.310 e. The van der Waals surface area contributed by atoms with Gasteiger partial charge in [-0.3, -0.25) is 9.59 Å². The maximum absolute atomic E-state index is 11.8. The molecule has 2 aliphatic heterocycles. The minimum atomic E-state index is -0.966. The summed E-state index contributed by atoms with van der Waals surface area (Å²) in [5.41, 5.74) is 0. The van der Waals surface area contributed by atoms with Crippen molar-refractivity contribution in [2.75, 3.05) is 14.1 Å². The van der Waals surface area contributed by atoms with E-state index in [0.29, 0.717) is 0 Å². The van der Waals surface area contributed by atoms with Gasteiger partial charge < -0.3 is 14.7 Å². The third-order valence-electron chi connectivity index (χ3n) is 2.91. The van der Waals surface area contributed by atoms with Crippen LogP contribution in [0.4, 0.5) is 0 Å². The van der Waals surface area contributed by atoms with Gasteiger partial charge in [0.15, 0.2) is 0 Å². The molecule has 1 amide bonds. The zero-order valence-electron chi connectivity index (χ0n) is 8.58. The van der Waals surface area contributed by atoms with Crippen LogP contribution in [0.15, 0.2) is 12.2 Å². The Balaban J connectivity index is 2.27. The van der Waals surface area contributed by atoms with Crippen molar-refractivity contribution < 1.29 is 19.4 Å². The number of amides is 1. The number of nitrogens with zero attached hydrogens (tertiary/aromatic N) is 1. The number of hydrogen-bond donors (Lipinski definition) is 1. The molecule has 15 heavy (non-hydrogen) atoms. The minimum absolute atomic E-state index is 0.181. The zero-order valence-corrected chi connectivity index (χ0v) is 8.58. The Hall–Kier alpha value is -1.36. The van der Waals surface area contributed by atoms with Gasteiger partial charge in [-0.25, -0.2) is 0 Å². The molecule has 5 nitrogen and oxygen atoms in total. The van der Waals surface area contributed by atoms with E-state index in [1.54, 1.807) is 26.2 Å². The molecular weight excluding hydrogens is 198 g/mol. The average molecular weight is 211 g/mol. The molecule has 0 spiro atoms. The van der Waals surface area contributed by atoms with Crippen molar-refractivity contribution in [1.82, 2.24) is 4.90 Å². The summed E-state index contributed by atoms with van der Waals surface area (Å²) in [6, 6.07) is 0. The first-order valence-electron chi connectivity index (χ1n) is 4.80. The van der Waals surface area contributed by atoms with Crippen LogP contribution in [0.5, 0.6) is 0 Å². The van der Waals surface area contributed by atoms with Gasteiger partial charge in [0.05, 0.1) is 18.1 Å². The molecule has 1 N–H and O–H groups in total. The molecule has 0 aromatic carbocycles. The molecular formula is C10H13NO4. The predicted molar refractivity (Wildman–Crippen MR) is 51.1 cm³/mol. The van der Waals surface area contributed by atoms with Crippen LogP contribution in [0.1, 0.15) is 0 Å². The van der Waals surface area contributed by atoms with E-state index in [1.807, 2.05) is 0 Å². The highest BCUT2D eigenvalue weighted by Crippen LogP contribution is 2.39. The van der Waals surface area contributed by atoms with Gasteiger partial charge in [0, 0.05) is 14.1 Å². The van der Waals surface area contributed by atoms with Crippen molar-refractivity contribution >= 4 is 11.9 Å². The number of ether oxygens (including phenoxy) is 1. The molecule has 5 heteroatoms. The molecule has 0 radical (unpaired) electrons. The molecule has 0 aromatic rings. The number of carboxylic acids is 1. The van der Waals surface area contributed by atoms with Crippen molar-refractivity contribution in [1.29, 1.82) is 0 Å². The van der Waals surface area contributed by atoms with Gasteiger partial charge in [-0.05, 0) is 0 Å². The van der Waals surface area contributed by atoms with Crippen LogP contribution in [0.2, 0.25) is 0 Å². The highest BCUT2D eigenvalue weighted by molar-refractivity contribution is 5.87. The second-order valence-corrected chi connectivity index (χ2v) is 4.07. The molecule has 0 aromatic heterocycles. The summed E-state index contributed by atoms with van der Waals surface area (Å²) in [7, 11) is 3.24. The summed E-state index contributed by atoms with van der Waals surface area (Å²) in [5.74, 6) is -2.46. The fourth-order valence-corrected chi connectivity index (χ4v) is 2.19. The summed E-state index contributed by atoms with van der Waals surface area (Å²) >= 11 is 0. The van der Waals surface area contributed by atoms with Gasteiger partial charge in [-0.2, -0.15) is 0 Å². The third-order valence-corrected chi connectivity index (χ3v) is 2.91. The van der Waals surface area contributed by atoms with E-state index in [-0.39, 0.29) is 12.0 Å². The monoisotopic (exact) mass is 211 g/mol. The van der Waals surface area contributed by atoms with Gasteiger partial charge >= 0.3 is 5.97 Å². The Kier molecular flexibility index (Phi) is 2.26. The number of aliphatic carboxylic acids is 1. The summed E-state index contributed by atoms with van der Waals surface area (Å²) in [6.07, 6.45) is 2.69. The quantitative estimate of drug-likeness (QED) is 0.638. The first kappa shape index (κ1) is 10.2. The third kappa shape index (κ3) is 1.43. The lowest BCUT2D eigenvalue weighted by atomic mass is 9.82. The molecule has 1 fully saturated rings. The average Bonchev–Trinajstić information content (AvgIpc) is 2.74. The number of carboxylic acid groups (broad SMARTS) is 1. The summed E-state index contributed by atoms with van der Waals surface area (Å²) in [6.45, 7) is 0. The normalized spacial score (nSPS) is 36.9. The van der Waals surface area contributed by atoms with Crippen molar-refractivity contribution in [3.8, 4) is 0 Å². The van der Waals surface area contributed by atoms with E-state index < -0.39 is 23.9 Å². The van der Waals surface area contributed by atoms with Gasteiger partial charge in [0.2, 0.25) is 5.91 Å². The Labute approximate surface area is 87.3 Å². The number of hydrogen-bond acceptors (Lipinski definition) is 3. The number of carbonyl (C=O) groups excluding carboxylic acids is 1. The molecule has 2 aliphatic rings. The van der Waals surface area contributed by atoms with Gasteiger partial charge in [0.1, 0.15) is 5.92 Å². The number of carbonyl (C=O) groups is 2. The second-order valence-electron chi connectivity index (χ2n) is 4.07. The Morgan fingerprint density at radius 2 is 1.73 bits per heavy atom. The van der Waals surface area contributed by atoms with Crippen molar-refractivity contribution in [2.24, 2.45) is 11.8 Å². The molecule has 2 bridgehead atoms. The van der Waals surface area contributed by atoms with Crippen molar-refractivity contribution in [3.05, 3.63) is 12.2 Å². The lowest BCUT2D eigenvalue weighted by Crippen LogP contribution is -2.41. The van der Waals surface area contributed by atoms with E-state index in [1.165, 1.54) is 4.90 Å². The maximum atomic E-state index is 11.8. The summed E-state index contributed by atoms with van der Waals surface area (Å²) < 4.78 is 5.39. The molecule has 82 valence electrons. The first-order valence-corrected chi connectivity index (χ1v) is 4.80. The van der Waals surface area contributed by atoms with Crippen LogP contribution in [0.3, 0.4) is 0 Å². The van der Waals surface area contributed by atoms with Gasteiger partial charge in [-0.1, -0.05) is 12.2 Å². The van der Waals surface area contributed by atoms with E-state index in [4.69, 9.17) is 9.84 Å². The minimum Gasteiger partial charge on any atom is -0.481 e. The zero-order chi connectivity index (χ0) is 11.2. The molecule has 0 saturated carbocycles. The van der Waals surface area contributed by atoms with Crippen LogP contribution in [-0.4, -0.2) is 48.2 Å². The van der Waals surface area contributed by atoms with E-state index in [2.05, 4.69) is 0 Å².